The Morgan fingerprint density at radius 2 is 2.05 bits per heavy atom. The highest BCUT2D eigenvalue weighted by Gasteiger charge is 2.12. The molecule has 0 fully saturated rings. The second kappa shape index (κ2) is 8.45. The van der Waals surface area contributed by atoms with Crippen LogP contribution in [0.25, 0.3) is 0 Å². The summed E-state index contributed by atoms with van der Waals surface area (Å²) in [6.45, 7) is 4.98. The van der Waals surface area contributed by atoms with Gasteiger partial charge >= 0.3 is 0 Å². The van der Waals surface area contributed by atoms with E-state index < -0.39 is 0 Å². The van der Waals surface area contributed by atoms with Crippen molar-refractivity contribution in [3.05, 3.63) is 15.9 Å². The van der Waals surface area contributed by atoms with E-state index in [1.54, 1.807) is 0 Å². The average molecular weight is 308 g/mol. The Morgan fingerprint density at radius 1 is 1.42 bits per heavy atom. The number of aromatic nitrogens is 2. The van der Waals surface area contributed by atoms with Gasteiger partial charge in [-0.2, -0.15) is 4.98 Å². The molecule has 0 unspecified atom stereocenters. The molecule has 0 spiro atoms. The van der Waals surface area contributed by atoms with E-state index in [2.05, 4.69) is 24.1 Å². The summed E-state index contributed by atoms with van der Waals surface area (Å²) in [5, 5.41) is 10.3. The molecule has 1 aromatic heterocycles. The molecule has 1 rings (SSSR count). The Labute approximate surface area is 124 Å². The summed E-state index contributed by atoms with van der Waals surface area (Å²) in [6, 6.07) is 0. The summed E-state index contributed by atoms with van der Waals surface area (Å²) in [4.78, 5) is 19.9. The van der Waals surface area contributed by atoms with Crippen LogP contribution in [0, 0.1) is 5.92 Å². The highest BCUT2D eigenvalue weighted by molar-refractivity contribution is 7.99. The van der Waals surface area contributed by atoms with E-state index >= 15 is 0 Å². The summed E-state index contributed by atoms with van der Waals surface area (Å²) in [7, 11) is 4.14. The zero-order valence-electron chi connectivity index (χ0n) is 11.8. The fraction of sp³-hybridized carbons (Fsp3) is 0.667. The number of aromatic hydroxyl groups is 1. The standard InChI is InChI=1S/C12H21N3O2S.ClH/c1-8(2)7-9-10(16)13-12(14-11(9)17)18-6-5-15(3)4;/h8H,5-7H2,1-4H3,(H2,13,14,16,17);1H. The van der Waals surface area contributed by atoms with Crippen molar-refractivity contribution < 1.29 is 22.4 Å². The fourth-order valence-electron chi connectivity index (χ4n) is 1.48. The molecule has 1 aromatic rings. The topological polar surface area (TPSA) is 70.4 Å². The number of rotatable bonds is 6. The highest BCUT2D eigenvalue weighted by Crippen LogP contribution is 2.17. The summed E-state index contributed by atoms with van der Waals surface area (Å²) in [5.74, 6) is 1.04. The van der Waals surface area contributed by atoms with E-state index in [0.717, 1.165) is 12.3 Å². The number of halogens is 1. The van der Waals surface area contributed by atoms with E-state index in [1.807, 2.05) is 13.8 Å². The summed E-state index contributed by atoms with van der Waals surface area (Å²) < 4.78 is 0. The van der Waals surface area contributed by atoms with Crippen molar-refractivity contribution >= 4 is 11.8 Å². The third-order valence-corrected chi connectivity index (χ3v) is 3.30. The van der Waals surface area contributed by atoms with Crippen molar-refractivity contribution in [1.82, 2.24) is 9.97 Å². The molecule has 0 aliphatic rings. The first-order valence-corrected chi connectivity index (χ1v) is 7.12. The Morgan fingerprint density at radius 3 is 2.53 bits per heavy atom. The van der Waals surface area contributed by atoms with Crippen LogP contribution in [0.4, 0.5) is 0 Å². The van der Waals surface area contributed by atoms with Crippen LogP contribution in [0.5, 0.6) is 5.88 Å². The normalized spacial score (nSPS) is 10.8. The lowest BCUT2D eigenvalue weighted by Gasteiger charge is -2.08. The van der Waals surface area contributed by atoms with Crippen LogP contribution in [0.3, 0.4) is 0 Å². The van der Waals surface area contributed by atoms with Gasteiger partial charge in [0.1, 0.15) is 0 Å². The van der Waals surface area contributed by atoms with E-state index in [-0.39, 0.29) is 23.8 Å². The van der Waals surface area contributed by atoms with Crippen molar-refractivity contribution in [2.24, 2.45) is 5.92 Å². The van der Waals surface area contributed by atoms with Crippen molar-refractivity contribution in [3.63, 3.8) is 0 Å². The second-order valence-corrected chi connectivity index (χ2v) is 6.16. The molecule has 110 valence electrons. The molecule has 5 nitrogen and oxygen atoms in total. The predicted octanol–water partition coefficient (Wildman–Crippen LogP) is -3.09. The maximum absolute atomic E-state index is 11.8. The van der Waals surface area contributed by atoms with Gasteiger partial charge in [-0.05, 0) is 12.3 Å². The molecule has 0 amide bonds. The van der Waals surface area contributed by atoms with Crippen LogP contribution in [0.15, 0.2) is 9.95 Å². The molecule has 0 saturated heterocycles. The highest BCUT2D eigenvalue weighted by atomic mass is 35.5. The molecule has 0 aromatic carbocycles. The first kappa shape index (κ1) is 18.3. The molecule has 0 aliphatic heterocycles. The molecular formula is C12H22ClN3O2S. The van der Waals surface area contributed by atoms with Crippen LogP contribution < -0.4 is 22.9 Å². The van der Waals surface area contributed by atoms with Crippen molar-refractivity contribution in [2.75, 3.05) is 26.4 Å². The minimum absolute atomic E-state index is 0. The molecular weight excluding hydrogens is 286 g/mol. The van der Waals surface area contributed by atoms with Crippen LogP contribution in [-0.2, 0) is 6.42 Å². The number of thioether (sulfide) groups is 1. The van der Waals surface area contributed by atoms with Gasteiger partial charge in [0.2, 0.25) is 5.88 Å². The van der Waals surface area contributed by atoms with Gasteiger partial charge in [0.15, 0.2) is 5.16 Å². The molecule has 0 saturated carbocycles. The van der Waals surface area contributed by atoms with Crippen LogP contribution in [0.1, 0.15) is 19.4 Å². The monoisotopic (exact) mass is 307 g/mol. The van der Waals surface area contributed by atoms with Gasteiger partial charge < -0.3 is 27.4 Å². The Balaban J connectivity index is 0.00000324. The third kappa shape index (κ3) is 6.31. The number of hydrogen-bond donors (Lipinski definition) is 3. The Hall–Kier alpha value is -0.720. The summed E-state index contributed by atoms with van der Waals surface area (Å²) >= 11 is 1.46. The van der Waals surface area contributed by atoms with Crippen LogP contribution in [-0.4, -0.2) is 41.5 Å². The molecule has 0 radical (unpaired) electrons. The molecule has 7 heteroatoms. The van der Waals surface area contributed by atoms with Gasteiger partial charge in [-0.15, -0.1) is 0 Å². The maximum Gasteiger partial charge on any atom is 0.258 e. The Bertz CT molecular complexity index is 449. The number of nitrogens with zero attached hydrogens (tertiary/aromatic N) is 1. The first-order chi connectivity index (χ1) is 8.40. The first-order valence-electron chi connectivity index (χ1n) is 6.14. The largest absolute Gasteiger partial charge is 1.00 e. The van der Waals surface area contributed by atoms with E-state index in [9.17, 15) is 9.90 Å². The minimum atomic E-state index is -0.226. The minimum Gasteiger partial charge on any atom is -1.00 e. The van der Waals surface area contributed by atoms with Crippen molar-refractivity contribution in [2.45, 2.75) is 25.4 Å². The number of hydrogen-bond acceptors (Lipinski definition) is 4. The average Bonchev–Trinajstić information content (AvgIpc) is 2.22. The van der Waals surface area contributed by atoms with Gasteiger partial charge in [0.25, 0.3) is 5.56 Å². The third-order valence-electron chi connectivity index (χ3n) is 2.43. The molecule has 1 heterocycles. The van der Waals surface area contributed by atoms with Gasteiger partial charge in [-0.3, -0.25) is 4.79 Å². The zero-order chi connectivity index (χ0) is 13.7. The number of aromatic amines is 1. The quantitative estimate of drug-likeness (QED) is 0.385. The molecule has 0 aliphatic carbocycles. The molecule has 3 N–H and O–H groups in total. The number of H-pyrrole nitrogens is 1. The molecule has 0 atom stereocenters. The summed E-state index contributed by atoms with van der Waals surface area (Å²) in [5.41, 5.74) is 0.156. The van der Waals surface area contributed by atoms with Crippen molar-refractivity contribution in [3.8, 4) is 5.88 Å². The summed E-state index contributed by atoms with van der Waals surface area (Å²) in [6.07, 6.45) is 0.543. The van der Waals surface area contributed by atoms with Crippen molar-refractivity contribution in [1.29, 1.82) is 0 Å². The van der Waals surface area contributed by atoms with Gasteiger partial charge in [0, 0.05) is 0 Å². The zero-order valence-corrected chi connectivity index (χ0v) is 13.4. The predicted molar refractivity (Wildman–Crippen MR) is 73.5 cm³/mol. The number of nitrogens with one attached hydrogen (secondary N) is 2. The molecule has 19 heavy (non-hydrogen) atoms. The van der Waals surface area contributed by atoms with Gasteiger partial charge in [-0.25, -0.2) is 0 Å². The van der Waals surface area contributed by atoms with Crippen LogP contribution >= 0.6 is 11.8 Å². The lowest BCUT2D eigenvalue weighted by Crippen LogP contribution is -3.06. The lowest BCUT2D eigenvalue weighted by molar-refractivity contribution is -0.855. The van der Waals surface area contributed by atoms with E-state index in [4.69, 9.17) is 0 Å². The number of quaternary nitrogens is 1. The van der Waals surface area contributed by atoms with E-state index in [0.29, 0.717) is 23.1 Å². The van der Waals surface area contributed by atoms with E-state index in [1.165, 1.54) is 16.7 Å². The molecule has 0 bridgehead atoms. The fourth-order valence-corrected chi connectivity index (χ4v) is 2.50. The van der Waals surface area contributed by atoms with Gasteiger partial charge in [-0.1, -0.05) is 25.6 Å². The smallest absolute Gasteiger partial charge is 0.258 e. The van der Waals surface area contributed by atoms with Gasteiger partial charge in [0.05, 0.1) is 32.0 Å². The van der Waals surface area contributed by atoms with Crippen LogP contribution in [0.2, 0.25) is 0 Å². The lowest BCUT2D eigenvalue weighted by atomic mass is 10.1. The SMILES string of the molecule is CC(C)Cc1c(O)nc(SCC[NH+](C)C)[nH]c1=O.[Cl-]. The second-order valence-electron chi connectivity index (χ2n) is 5.08. The Kier molecular flexibility index (Phi) is 8.13. The maximum atomic E-state index is 11.8.